The molecule has 3 rings (SSSR count). The van der Waals surface area contributed by atoms with Gasteiger partial charge in [0.1, 0.15) is 5.82 Å². The molecule has 0 bridgehead atoms. The molecule has 17 heavy (non-hydrogen) atoms. The van der Waals surface area contributed by atoms with Crippen molar-refractivity contribution in [2.75, 3.05) is 0 Å². The molecule has 90 valence electrons. The monoisotopic (exact) mass is 249 g/mol. The van der Waals surface area contributed by atoms with E-state index < -0.39 is 0 Å². The summed E-state index contributed by atoms with van der Waals surface area (Å²) in [4.78, 5) is 8.01. The van der Waals surface area contributed by atoms with Gasteiger partial charge in [-0.15, -0.1) is 0 Å². The maximum Gasteiger partial charge on any atom is 0.127 e. The lowest BCUT2D eigenvalue weighted by atomic mass is 9.99. The van der Waals surface area contributed by atoms with Crippen LogP contribution in [0.4, 0.5) is 0 Å². The summed E-state index contributed by atoms with van der Waals surface area (Å²) in [6.45, 7) is 1.99. The van der Waals surface area contributed by atoms with Crippen LogP contribution in [0, 0.1) is 6.92 Å². The standard InChI is InChI=1S/C13H16ClN3/c1-8-9(14)4-5-10-11(8)17-12(16-10)13(15)6-2-3-7-13/h4-5H,2-3,6-7,15H2,1H3,(H,16,17). The highest BCUT2D eigenvalue weighted by Gasteiger charge is 2.34. The number of rotatable bonds is 1. The molecule has 0 atom stereocenters. The number of imidazole rings is 1. The topological polar surface area (TPSA) is 54.7 Å². The molecule has 1 heterocycles. The molecule has 0 aliphatic heterocycles. The van der Waals surface area contributed by atoms with Crippen molar-refractivity contribution in [2.45, 2.75) is 38.1 Å². The number of hydrogen-bond acceptors (Lipinski definition) is 2. The van der Waals surface area contributed by atoms with Crippen LogP contribution in [0.15, 0.2) is 12.1 Å². The number of aromatic amines is 1. The number of aromatic nitrogens is 2. The van der Waals surface area contributed by atoms with Gasteiger partial charge in [0, 0.05) is 5.02 Å². The second-order valence-corrected chi connectivity index (χ2v) is 5.42. The Bertz CT molecular complexity index is 567. The van der Waals surface area contributed by atoms with E-state index in [-0.39, 0.29) is 5.54 Å². The Labute approximate surface area is 105 Å². The predicted molar refractivity (Wildman–Crippen MR) is 70.2 cm³/mol. The molecule has 0 radical (unpaired) electrons. The average Bonchev–Trinajstić information content (AvgIpc) is 2.91. The van der Waals surface area contributed by atoms with Crippen molar-refractivity contribution in [3.63, 3.8) is 0 Å². The zero-order chi connectivity index (χ0) is 12.0. The Morgan fingerprint density at radius 3 is 2.76 bits per heavy atom. The number of aryl methyl sites for hydroxylation is 1. The fourth-order valence-corrected chi connectivity index (χ4v) is 2.82. The average molecular weight is 250 g/mol. The first-order chi connectivity index (χ1) is 8.10. The fraction of sp³-hybridized carbons (Fsp3) is 0.462. The van der Waals surface area contributed by atoms with Crippen molar-refractivity contribution in [1.82, 2.24) is 9.97 Å². The van der Waals surface area contributed by atoms with Crippen LogP contribution in [-0.4, -0.2) is 9.97 Å². The maximum absolute atomic E-state index is 6.41. The largest absolute Gasteiger partial charge is 0.340 e. The van der Waals surface area contributed by atoms with Crippen LogP contribution < -0.4 is 5.73 Å². The summed E-state index contributed by atoms with van der Waals surface area (Å²) >= 11 is 6.11. The van der Waals surface area contributed by atoms with E-state index in [0.717, 1.165) is 40.3 Å². The fourth-order valence-electron chi connectivity index (χ4n) is 2.67. The van der Waals surface area contributed by atoms with Crippen molar-refractivity contribution in [3.05, 3.63) is 28.5 Å². The minimum atomic E-state index is -0.266. The van der Waals surface area contributed by atoms with Crippen LogP contribution in [0.2, 0.25) is 5.02 Å². The molecule has 1 aromatic carbocycles. The van der Waals surface area contributed by atoms with Gasteiger partial charge in [-0.05, 0) is 37.5 Å². The minimum absolute atomic E-state index is 0.266. The highest BCUT2D eigenvalue weighted by atomic mass is 35.5. The molecular formula is C13H16ClN3. The molecule has 0 unspecified atom stereocenters. The number of hydrogen-bond donors (Lipinski definition) is 2. The molecule has 1 saturated carbocycles. The Morgan fingerprint density at radius 2 is 2.06 bits per heavy atom. The van der Waals surface area contributed by atoms with E-state index >= 15 is 0 Å². The number of nitrogens with zero attached hydrogens (tertiary/aromatic N) is 1. The molecule has 1 aromatic heterocycles. The van der Waals surface area contributed by atoms with E-state index in [1.54, 1.807) is 0 Å². The molecule has 4 heteroatoms. The third-order valence-electron chi connectivity index (χ3n) is 3.81. The maximum atomic E-state index is 6.41. The van der Waals surface area contributed by atoms with Gasteiger partial charge in [-0.2, -0.15) is 0 Å². The summed E-state index contributed by atoms with van der Waals surface area (Å²) in [7, 11) is 0. The summed E-state index contributed by atoms with van der Waals surface area (Å²) < 4.78 is 0. The number of fused-ring (bicyclic) bond motifs is 1. The Kier molecular flexibility index (Phi) is 2.42. The summed E-state index contributed by atoms with van der Waals surface area (Å²) in [6, 6.07) is 3.87. The molecule has 0 amide bonds. The highest BCUT2D eigenvalue weighted by Crippen LogP contribution is 2.36. The van der Waals surface area contributed by atoms with Gasteiger partial charge in [0.2, 0.25) is 0 Å². The number of nitrogens with one attached hydrogen (secondary N) is 1. The SMILES string of the molecule is Cc1c(Cl)ccc2[nH]c(C3(N)CCCC3)nc12. The molecule has 2 aromatic rings. The summed E-state index contributed by atoms with van der Waals surface area (Å²) in [5, 5.41) is 0.757. The smallest absolute Gasteiger partial charge is 0.127 e. The first kappa shape index (κ1) is 11.1. The number of nitrogens with two attached hydrogens (primary N) is 1. The second-order valence-electron chi connectivity index (χ2n) is 5.02. The lowest BCUT2D eigenvalue weighted by molar-refractivity contribution is 0.437. The van der Waals surface area contributed by atoms with Gasteiger partial charge in [0.15, 0.2) is 0 Å². The zero-order valence-electron chi connectivity index (χ0n) is 9.89. The van der Waals surface area contributed by atoms with E-state index in [4.69, 9.17) is 17.3 Å². The van der Waals surface area contributed by atoms with Gasteiger partial charge >= 0.3 is 0 Å². The van der Waals surface area contributed by atoms with Crippen molar-refractivity contribution >= 4 is 22.6 Å². The van der Waals surface area contributed by atoms with E-state index in [1.165, 1.54) is 12.8 Å². The van der Waals surface area contributed by atoms with E-state index in [2.05, 4.69) is 9.97 Å². The quantitative estimate of drug-likeness (QED) is 0.815. The van der Waals surface area contributed by atoms with Crippen molar-refractivity contribution in [1.29, 1.82) is 0 Å². The van der Waals surface area contributed by atoms with Gasteiger partial charge in [-0.25, -0.2) is 4.98 Å². The Hall–Kier alpha value is -1.06. The second kappa shape index (κ2) is 3.72. The normalized spacial score (nSPS) is 19.0. The van der Waals surface area contributed by atoms with E-state index in [0.29, 0.717) is 0 Å². The molecule has 0 saturated heterocycles. The van der Waals surface area contributed by atoms with Crippen molar-refractivity contribution < 1.29 is 0 Å². The van der Waals surface area contributed by atoms with Gasteiger partial charge in [-0.1, -0.05) is 24.4 Å². The van der Waals surface area contributed by atoms with Crippen LogP contribution in [0.5, 0.6) is 0 Å². The predicted octanol–water partition coefficient (Wildman–Crippen LogP) is 3.25. The summed E-state index contributed by atoms with van der Waals surface area (Å²) in [6.07, 6.45) is 4.40. The van der Waals surface area contributed by atoms with Crippen LogP contribution in [-0.2, 0) is 5.54 Å². The van der Waals surface area contributed by atoms with Gasteiger partial charge in [0.05, 0.1) is 16.6 Å². The Balaban J connectivity index is 2.17. The first-order valence-electron chi connectivity index (χ1n) is 6.04. The third kappa shape index (κ3) is 1.65. The lowest BCUT2D eigenvalue weighted by Gasteiger charge is -2.20. The Morgan fingerprint density at radius 1 is 1.35 bits per heavy atom. The van der Waals surface area contributed by atoms with E-state index in [1.807, 2.05) is 19.1 Å². The van der Waals surface area contributed by atoms with Crippen LogP contribution in [0.1, 0.15) is 37.1 Å². The van der Waals surface area contributed by atoms with Gasteiger partial charge < -0.3 is 10.7 Å². The van der Waals surface area contributed by atoms with Crippen LogP contribution in [0.3, 0.4) is 0 Å². The molecule has 1 aliphatic rings. The van der Waals surface area contributed by atoms with Crippen LogP contribution >= 0.6 is 11.6 Å². The van der Waals surface area contributed by atoms with Crippen LogP contribution in [0.25, 0.3) is 11.0 Å². The molecule has 1 fully saturated rings. The first-order valence-corrected chi connectivity index (χ1v) is 6.42. The van der Waals surface area contributed by atoms with Gasteiger partial charge in [0.25, 0.3) is 0 Å². The van der Waals surface area contributed by atoms with Crippen molar-refractivity contribution in [2.24, 2.45) is 5.73 Å². The number of halogens is 1. The molecule has 1 aliphatic carbocycles. The number of benzene rings is 1. The summed E-state index contributed by atoms with van der Waals surface area (Å²) in [5.74, 6) is 0.912. The minimum Gasteiger partial charge on any atom is -0.340 e. The number of H-pyrrole nitrogens is 1. The zero-order valence-corrected chi connectivity index (χ0v) is 10.6. The summed E-state index contributed by atoms with van der Waals surface area (Å²) in [5.41, 5.74) is 9.14. The third-order valence-corrected chi connectivity index (χ3v) is 4.22. The molecule has 3 N–H and O–H groups in total. The highest BCUT2D eigenvalue weighted by molar-refractivity contribution is 6.32. The molecule has 3 nitrogen and oxygen atoms in total. The molecular weight excluding hydrogens is 234 g/mol. The van der Waals surface area contributed by atoms with Crippen molar-refractivity contribution in [3.8, 4) is 0 Å². The van der Waals surface area contributed by atoms with E-state index in [9.17, 15) is 0 Å². The lowest BCUT2D eigenvalue weighted by Crippen LogP contribution is -2.34. The van der Waals surface area contributed by atoms with Gasteiger partial charge in [-0.3, -0.25) is 0 Å². The molecule has 0 spiro atoms.